The summed E-state index contributed by atoms with van der Waals surface area (Å²) in [5.41, 5.74) is 2.30. The Balaban J connectivity index is 0.00000192. The largest absolute Gasteiger partial charge is 0.424 e. The molecule has 2 heterocycles. The summed E-state index contributed by atoms with van der Waals surface area (Å²) in [7, 11) is 0. The van der Waals surface area contributed by atoms with Crippen LogP contribution < -0.4 is 10.1 Å². The van der Waals surface area contributed by atoms with Gasteiger partial charge >= 0.3 is 6.01 Å². The molecule has 0 radical (unpaired) electrons. The van der Waals surface area contributed by atoms with Crippen LogP contribution in [0.15, 0.2) is 67.3 Å². The Labute approximate surface area is 141 Å². The van der Waals surface area contributed by atoms with Crippen LogP contribution in [0.3, 0.4) is 0 Å². The lowest BCUT2D eigenvalue weighted by Crippen LogP contribution is -2.12. The maximum absolute atomic E-state index is 5.62. The Bertz CT molecular complexity index is 710. The quantitative estimate of drug-likeness (QED) is 0.751. The molecule has 0 fully saturated rings. The lowest BCUT2D eigenvalue weighted by Gasteiger charge is -2.07. The van der Waals surface area contributed by atoms with Gasteiger partial charge in [0.05, 0.1) is 0 Å². The molecule has 1 aromatic carbocycles. The Morgan fingerprint density at radius 2 is 1.65 bits per heavy atom. The van der Waals surface area contributed by atoms with Gasteiger partial charge in [0.25, 0.3) is 0 Å². The van der Waals surface area contributed by atoms with Gasteiger partial charge in [-0.2, -0.15) is 0 Å². The average Bonchev–Trinajstić information content (AvgIpc) is 2.57. The van der Waals surface area contributed by atoms with Crippen molar-refractivity contribution < 1.29 is 4.74 Å². The zero-order valence-corrected chi connectivity index (χ0v) is 13.2. The highest BCUT2D eigenvalue weighted by atomic mass is 35.5. The number of hydrogen-bond donors (Lipinski definition) is 1. The van der Waals surface area contributed by atoms with E-state index in [4.69, 9.17) is 4.74 Å². The van der Waals surface area contributed by atoms with Crippen LogP contribution in [0.4, 0.5) is 0 Å². The summed E-state index contributed by atoms with van der Waals surface area (Å²) in [5.74, 6) is 0.729. The Kier molecular flexibility index (Phi) is 6.47. The predicted octanol–water partition coefficient (Wildman–Crippen LogP) is 3.38. The van der Waals surface area contributed by atoms with E-state index in [1.807, 2.05) is 36.5 Å². The molecule has 0 aliphatic heterocycles. The fraction of sp³-hybridized carbons (Fsp3) is 0.118. The van der Waals surface area contributed by atoms with Crippen LogP contribution >= 0.6 is 12.4 Å². The molecule has 0 aliphatic carbocycles. The molecule has 2 aromatic heterocycles. The molecule has 0 spiro atoms. The van der Waals surface area contributed by atoms with Crippen molar-refractivity contribution in [3.63, 3.8) is 0 Å². The minimum atomic E-state index is 0. The van der Waals surface area contributed by atoms with Crippen molar-refractivity contribution in [2.75, 3.05) is 0 Å². The zero-order chi connectivity index (χ0) is 15.0. The van der Waals surface area contributed by atoms with E-state index in [0.29, 0.717) is 6.01 Å². The second-order valence-corrected chi connectivity index (χ2v) is 4.75. The normalized spacial score (nSPS) is 9.91. The van der Waals surface area contributed by atoms with Gasteiger partial charge in [-0.05, 0) is 35.4 Å². The summed E-state index contributed by atoms with van der Waals surface area (Å²) in [6.45, 7) is 1.53. The van der Waals surface area contributed by atoms with Gasteiger partial charge in [-0.25, -0.2) is 9.97 Å². The fourth-order valence-electron chi connectivity index (χ4n) is 2.02. The van der Waals surface area contributed by atoms with Crippen molar-refractivity contribution in [2.24, 2.45) is 0 Å². The number of ether oxygens (including phenoxy) is 1. The van der Waals surface area contributed by atoms with Crippen LogP contribution in [0.2, 0.25) is 0 Å². The highest BCUT2D eigenvalue weighted by Gasteiger charge is 2.01. The number of rotatable bonds is 6. The Hall–Kier alpha value is -2.50. The van der Waals surface area contributed by atoms with Crippen molar-refractivity contribution in [2.45, 2.75) is 13.1 Å². The predicted molar refractivity (Wildman–Crippen MR) is 90.6 cm³/mol. The standard InChI is InChI=1S/C17H16N4O.ClH/c1-4-14(11-19-13-15-5-2-7-18-12-15)10-16(6-1)22-17-20-8-3-9-21-17;/h1-10,12,19H,11,13H2;1H. The first-order valence-electron chi connectivity index (χ1n) is 7.03. The van der Waals surface area contributed by atoms with Crippen LogP contribution in [-0.4, -0.2) is 15.0 Å². The molecule has 0 amide bonds. The minimum absolute atomic E-state index is 0. The third-order valence-corrected chi connectivity index (χ3v) is 3.03. The molecule has 0 bridgehead atoms. The molecule has 0 saturated heterocycles. The van der Waals surface area contributed by atoms with Gasteiger partial charge in [0.2, 0.25) is 0 Å². The molecule has 0 atom stereocenters. The van der Waals surface area contributed by atoms with E-state index in [-0.39, 0.29) is 12.4 Å². The lowest BCUT2D eigenvalue weighted by molar-refractivity contribution is 0.441. The molecule has 3 aromatic rings. The van der Waals surface area contributed by atoms with Crippen LogP contribution in [0.5, 0.6) is 11.8 Å². The topological polar surface area (TPSA) is 59.9 Å². The third kappa shape index (κ3) is 5.32. The second kappa shape index (κ2) is 8.82. The number of halogens is 1. The summed E-state index contributed by atoms with van der Waals surface area (Å²) >= 11 is 0. The molecule has 0 aliphatic rings. The van der Waals surface area contributed by atoms with E-state index in [0.717, 1.165) is 30.0 Å². The highest BCUT2D eigenvalue weighted by Crippen LogP contribution is 2.18. The van der Waals surface area contributed by atoms with Crippen molar-refractivity contribution in [3.8, 4) is 11.8 Å². The van der Waals surface area contributed by atoms with Crippen LogP contribution in [0, 0.1) is 0 Å². The number of nitrogens with zero attached hydrogens (tertiary/aromatic N) is 3. The highest BCUT2D eigenvalue weighted by molar-refractivity contribution is 5.85. The smallest absolute Gasteiger partial charge is 0.321 e. The molecular weight excluding hydrogens is 312 g/mol. The summed E-state index contributed by atoms with van der Waals surface area (Å²) < 4.78 is 5.62. The first kappa shape index (κ1) is 16.9. The SMILES string of the molecule is Cl.c1cnc(Oc2cccc(CNCc3cccnc3)c2)nc1. The number of nitrogens with one attached hydrogen (secondary N) is 1. The average molecular weight is 329 g/mol. The van der Waals surface area contributed by atoms with E-state index in [1.54, 1.807) is 24.7 Å². The number of aromatic nitrogens is 3. The summed E-state index contributed by atoms with van der Waals surface area (Å²) in [4.78, 5) is 12.2. The van der Waals surface area contributed by atoms with Crippen LogP contribution in [-0.2, 0) is 13.1 Å². The lowest BCUT2D eigenvalue weighted by atomic mass is 10.2. The van der Waals surface area contributed by atoms with E-state index < -0.39 is 0 Å². The number of pyridine rings is 1. The van der Waals surface area contributed by atoms with Crippen LogP contribution in [0.25, 0.3) is 0 Å². The van der Waals surface area contributed by atoms with E-state index in [2.05, 4.69) is 26.3 Å². The third-order valence-electron chi connectivity index (χ3n) is 3.03. The number of benzene rings is 1. The zero-order valence-electron chi connectivity index (χ0n) is 12.4. The molecule has 3 rings (SSSR count). The van der Waals surface area contributed by atoms with Gasteiger partial charge in [0.1, 0.15) is 5.75 Å². The molecule has 5 nitrogen and oxygen atoms in total. The van der Waals surface area contributed by atoms with E-state index in [9.17, 15) is 0 Å². The maximum atomic E-state index is 5.62. The summed E-state index contributed by atoms with van der Waals surface area (Å²) in [6, 6.07) is 14.0. The fourth-order valence-corrected chi connectivity index (χ4v) is 2.02. The van der Waals surface area contributed by atoms with Gasteiger partial charge in [0.15, 0.2) is 0 Å². The molecule has 1 N–H and O–H groups in total. The van der Waals surface area contributed by atoms with Gasteiger partial charge < -0.3 is 10.1 Å². The van der Waals surface area contributed by atoms with Crippen molar-refractivity contribution in [1.29, 1.82) is 0 Å². The van der Waals surface area contributed by atoms with Gasteiger partial charge in [0, 0.05) is 37.9 Å². The molecule has 0 saturated carbocycles. The summed E-state index contributed by atoms with van der Waals surface area (Å²) in [5, 5.41) is 3.38. The maximum Gasteiger partial charge on any atom is 0.321 e. The molecule has 0 unspecified atom stereocenters. The minimum Gasteiger partial charge on any atom is -0.424 e. The second-order valence-electron chi connectivity index (χ2n) is 4.75. The first-order chi connectivity index (χ1) is 10.9. The Morgan fingerprint density at radius 1 is 0.870 bits per heavy atom. The monoisotopic (exact) mass is 328 g/mol. The Morgan fingerprint density at radius 3 is 2.43 bits per heavy atom. The van der Waals surface area contributed by atoms with Gasteiger partial charge in [-0.1, -0.05) is 18.2 Å². The van der Waals surface area contributed by atoms with E-state index >= 15 is 0 Å². The van der Waals surface area contributed by atoms with Crippen molar-refractivity contribution in [1.82, 2.24) is 20.3 Å². The van der Waals surface area contributed by atoms with Gasteiger partial charge in [-0.3, -0.25) is 4.98 Å². The van der Waals surface area contributed by atoms with Crippen molar-refractivity contribution in [3.05, 3.63) is 78.4 Å². The van der Waals surface area contributed by atoms with Gasteiger partial charge in [-0.15, -0.1) is 12.4 Å². The first-order valence-corrected chi connectivity index (χ1v) is 7.03. The molecular formula is C17H17ClN4O. The van der Waals surface area contributed by atoms with Crippen molar-refractivity contribution >= 4 is 12.4 Å². The molecule has 6 heteroatoms. The summed E-state index contributed by atoms with van der Waals surface area (Å²) in [6.07, 6.45) is 6.94. The van der Waals surface area contributed by atoms with Crippen LogP contribution in [0.1, 0.15) is 11.1 Å². The molecule has 23 heavy (non-hydrogen) atoms. The molecule has 118 valence electrons. The number of hydrogen-bond acceptors (Lipinski definition) is 5. The van der Waals surface area contributed by atoms with E-state index in [1.165, 1.54) is 0 Å².